The zero-order valence-electron chi connectivity index (χ0n) is 14.2. The molecular weight excluding hydrogens is 326 g/mol. The number of ketones is 1. The molecule has 0 saturated heterocycles. The highest BCUT2D eigenvalue weighted by Gasteiger charge is 2.15. The summed E-state index contributed by atoms with van der Waals surface area (Å²) in [5, 5.41) is 0. The molecule has 0 fully saturated rings. The normalized spacial score (nSPS) is 11.3. The molecule has 2 aromatic carbocycles. The van der Waals surface area contributed by atoms with E-state index in [2.05, 4.69) is 4.72 Å². The molecule has 0 amide bonds. The lowest BCUT2D eigenvalue weighted by atomic mass is 10.0. The summed E-state index contributed by atoms with van der Waals surface area (Å²) in [7, 11) is -2.03. The van der Waals surface area contributed by atoms with Gasteiger partial charge in [-0.2, -0.15) is 0 Å². The first-order valence-corrected chi connectivity index (χ1v) is 8.97. The number of benzene rings is 2. The molecule has 0 spiro atoms. The minimum absolute atomic E-state index is 0.101. The first kappa shape index (κ1) is 18.2. The first-order chi connectivity index (χ1) is 11.2. The lowest BCUT2D eigenvalue weighted by Gasteiger charge is -2.12. The molecule has 2 rings (SSSR count). The molecule has 0 bridgehead atoms. The largest absolute Gasteiger partial charge is 0.496 e. The Hall–Kier alpha value is -2.18. The average molecular weight is 347 g/mol. The Balaban J connectivity index is 2.18. The molecular formula is C18H21NO4S. The third kappa shape index (κ3) is 4.01. The summed E-state index contributed by atoms with van der Waals surface area (Å²) in [6, 6.07) is 9.70. The standard InChI is InChI=1S/C18H21NO4S/c1-12-10-18(23-4)13(2)9-16(12)11-19-24(21,22)17-7-5-15(6-8-17)14(3)20/h5-10,19H,11H2,1-4H3. The summed E-state index contributed by atoms with van der Waals surface area (Å²) in [5.41, 5.74) is 3.27. The lowest BCUT2D eigenvalue weighted by molar-refractivity contribution is 0.101. The fourth-order valence-corrected chi connectivity index (χ4v) is 3.39. The number of rotatable bonds is 6. The zero-order chi connectivity index (χ0) is 17.9. The molecule has 6 heteroatoms. The molecule has 0 unspecified atom stereocenters. The molecule has 0 aliphatic carbocycles. The van der Waals surface area contributed by atoms with E-state index >= 15 is 0 Å². The second-order valence-corrected chi connectivity index (χ2v) is 7.42. The minimum Gasteiger partial charge on any atom is -0.496 e. The van der Waals surface area contributed by atoms with Crippen LogP contribution in [0.5, 0.6) is 5.75 Å². The number of Topliss-reactive ketones (excluding diaryl/α,β-unsaturated/α-hetero) is 1. The van der Waals surface area contributed by atoms with E-state index in [1.165, 1.54) is 31.2 Å². The average Bonchev–Trinajstić information content (AvgIpc) is 2.55. The number of sulfonamides is 1. The third-order valence-corrected chi connectivity index (χ3v) is 5.29. The van der Waals surface area contributed by atoms with E-state index in [1.54, 1.807) is 7.11 Å². The number of methoxy groups -OCH3 is 1. The van der Waals surface area contributed by atoms with E-state index in [-0.39, 0.29) is 17.2 Å². The van der Waals surface area contributed by atoms with Crippen LogP contribution >= 0.6 is 0 Å². The van der Waals surface area contributed by atoms with E-state index < -0.39 is 10.0 Å². The van der Waals surface area contributed by atoms with Crippen LogP contribution < -0.4 is 9.46 Å². The molecule has 0 aliphatic rings. The van der Waals surface area contributed by atoms with Crippen molar-refractivity contribution in [2.24, 2.45) is 0 Å². The Bertz CT molecular complexity index is 855. The molecule has 0 aliphatic heterocycles. The number of hydrogen-bond acceptors (Lipinski definition) is 4. The van der Waals surface area contributed by atoms with Gasteiger partial charge in [0.25, 0.3) is 0 Å². The van der Waals surface area contributed by atoms with Gasteiger partial charge in [0.15, 0.2) is 5.78 Å². The van der Waals surface area contributed by atoms with Crippen LogP contribution in [0.3, 0.4) is 0 Å². The second-order valence-electron chi connectivity index (χ2n) is 5.65. The monoisotopic (exact) mass is 347 g/mol. The molecule has 0 radical (unpaired) electrons. The summed E-state index contributed by atoms with van der Waals surface area (Å²) in [5.74, 6) is 0.676. The predicted octanol–water partition coefficient (Wildman–Crippen LogP) is 2.99. The Morgan fingerprint density at radius 2 is 1.71 bits per heavy atom. The van der Waals surface area contributed by atoms with E-state index in [0.29, 0.717) is 5.56 Å². The Morgan fingerprint density at radius 1 is 1.08 bits per heavy atom. The lowest BCUT2D eigenvalue weighted by Crippen LogP contribution is -2.23. The summed E-state index contributed by atoms with van der Waals surface area (Å²) >= 11 is 0. The van der Waals surface area contributed by atoms with E-state index in [9.17, 15) is 13.2 Å². The predicted molar refractivity (Wildman–Crippen MR) is 92.9 cm³/mol. The molecule has 24 heavy (non-hydrogen) atoms. The third-order valence-electron chi connectivity index (χ3n) is 3.88. The molecule has 5 nitrogen and oxygen atoms in total. The Morgan fingerprint density at radius 3 is 2.25 bits per heavy atom. The number of ether oxygens (including phenoxy) is 1. The van der Waals surface area contributed by atoms with Crippen LogP contribution in [-0.2, 0) is 16.6 Å². The molecule has 128 valence electrons. The van der Waals surface area contributed by atoms with Crippen LogP contribution in [0.2, 0.25) is 0 Å². The second kappa shape index (κ2) is 7.15. The van der Waals surface area contributed by atoms with E-state index in [0.717, 1.165) is 22.4 Å². The molecule has 0 heterocycles. The maximum absolute atomic E-state index is 12.4. The fourth-order valence-electron chi connectivity index (χ4n) is 2.38. The fraction of sp³-hybridized carbons (Fsp3) is 0.278. The highest BCUT2D eigenvalue weighted by molar-refractivity contribution is 7.89. The van der Waals surface area contributed by atoms with Gasteiger partial charge < -0.3 is 4.74 Å². The highest BCUT2D eigenvalue weighted by atomic mass is 32.2. The Kier molecular flexibility index (Phi) is 5.41. The number of carbonyl (C=O) groups is 1. The van der Waals surface area contributed by atoms with Gasteiger partial charge in [0, 0.05) is 12.1 Å². The van der Waals surface area contributed by atoms with Crippen LogP contribution in [0.25, 0.3) is 0 Å². The van der Waals surface area contributed by atoms with Crippen molar-refractivity contribution in [1.82, 2.24) is 4.72 Å². The van der Waals surface area contributed by atoms with Crippen molar-refractivity contribution >= 4 is 15.8 Å². The summed E-state index contributed by atoms with van der Waals surface area (Å²) in [4.78, 5) is 11.4. The summed E-state index contributed by atoms with van der Waals surface area (Å²) in [6.07, 6.45) is 0. The Labute approximate surface area is 142 Å². The van der Waals surface area contributed by atoms with Crippen molar-refractivity contribution in [3.8, 4) is 5.75 Å². The number of nitrogens with one attached hydrogen (secondary N) is 1. The van der Waals surface area contributed by atoms with Crippen molar-refractivity contribution < 1.29 is 17.9 Å². The van der Waals surface area contributed by atoms with Gasteiger partial charge in [-0.1, -0.05) is 18.2 Å². The number of carbonyl (C=O) groups excluding carboxylic acids is 1. The minimum atomic E-state index is -3.64. The first-order valence-electron chi connectivity index (χ1n) is 7.49. The van der Waals surface area contributed by atoms with Crippen molar-refractivity contribution in [1.29, 1.82) is 0 Å². The number of hydrogen-bond donors (Lipinski definition) is 1. The van der Waals surface area contributed by atoms with Gasteiger partial charge in [0.1, 0.15) is 5.75 Å². The van der Waals surface area contributed by atoms with Gasteiger partial charge >= 0.3 is 0 Å². The molecule has 2 aromatic rings. The van der Waals surface area contributed by atoms with E-state index in [4.69, 9.17) is 4.74 Å². The summed E-state index contributed by atoms with van der Waals surface area (Å²) < 4.78 is 32.6. The molecule has 0 aromatic heterocycles. The SMILES string of the molecule is COc1cc(C)c(CNS(=O)(=O)c2ccc(C(C)=O)cc2)cc1C. The van der Waals surface area contributed by atoms with Crippen molar-refractivity contribution in [3.05, 3.63) is 58.7 Å². The highest BCUT2D eigenvalue weighted by Crippen LogP contribution is 2.23. The van der Waals surface area contributed by atoms with Gasteiger partial charge in [-0.05, 0) is 55.7 Å². The van der Waals surface area contributed by atoms with Crippen molar-refractivity contribution in [2.75, 3.05) is 7.11 Å². The molecule has 0 atom stereocenters. The van der Waals surface area contributed by atoms with Crippen LogP contribution in [0.4, 0.5) is 0 Å². The maximum atomic E-state index is 12.4. The summed E-state index contributed by atoms with van der Waals surface area (Å²) in [6.45, 7) is 5.45. The van der Waals surface area contributed by atoms with Crippen LogP contribution in [0.15, 0.2) is 41.3 Å². The number of aryl methyl sites for hydroxylation is 2. The topological polar surface area (TPSA) is 72.5 Å². The zero-order valence-corrected chi connectivity index (χ0v) is 15.0. The quantitative estimate of drug-likeness (QED) is 0.816. The van der Waals surface area contributed by atoms with Crippen molar-refractivity contribution in [2.45, 2.75) is 32.2 Å². The van der Waals surface area contributed by atoms with Crippen molar-refractivity contribution in [3.63, 3.8) is 0 Å². The molecule has 0 saturated carbocycles. The molecule has 1 N–H and O–H groups in total. The van der Waals surface area contributed by atoms with Crippen LogP contribution in [0, 0.1) is 13.8 Å². The van der Waals surface area contributed by atoms with Gasteiger partial charge in [0.05, 0.1) is 12.0 Å². The van der Waals surface area contributed by atoms with Crippen LogP contribution in [-0.4, -0.2) is 21.3 Å². The maximum Gasteiger partial charge on any atom is 0.240 e. The van der Waals surface area contributed by atoms with Gasteiger partial charge in [-0.25, -0.2) is 13.1 Å². The van der Waals surface area contributed by atoms with Crippen LogP contribution in [0.1, 0.15) is 34.0 Å². The van der Waals surface area contributed by atoms with E-state index in [1.807, 2.05) is 26.0 Å². The van der Waals surface area contributed by atoms with Gasteiger partial charge in [-0.3, -0.25) is 4.79 Å². The van der Waals surface area contributed by atoms with Gasteiger partial charge in [0.2, 0.25) is 10.0 Å². The van der Waals surface area contributed by atoms with Gasteiger partial charge in [-0.15, -0.1) is 0 Å². The smallest absolute Gasteiger partial charge is 0.240 e.